The Kier molecular flexibility index (Phi) is 23.4. The fraction of sp³-hybridized carbons (Fsp3) is 1.00. The van der Waals surface area contributed by atoms with Crippen molar-refractivity contribution in [2.24, 2.45) is 0 Å². The van der Waals surface area contributed by atoms with Crippen LogP contribution in [0, 0.1) is 0 Å². The van der Waals surface area contributed by atoms with E-state index in [0.717, 1.165) is 6.42 Å². The van der Waals surface area contributed by atoms with Crippen LogP contribution in [0.3, 0.4) is 0 Å². The second kappa shape index (κ2) is 14.8. The summed E-state index contributed by atoms with van der Waals surface area (Å²) >= 11 is 0. The van der Waals surface area contributed by atoms with Gasteiger partial charge in [-0.2, -0.15) is 0 Å². The number of aliphatic hydroxyl groups excluding tert-OH is 1. The van der Waals surface area contributed by atoms with Crippen LogP contribution in [0.25, 0.3) is 0 Å². The van der Waals surface area contributed by atoms with Gasteiger partial charge in [0, 0.05) is 6.61 Å². The van der Waals surface area contributed by atoms with E-state index in [4.69, 9.17) is 5.11 Å². The molecule has 0 rings (SSSR count). The molecule has 0 bridgehead atoms. The molecule has 2 atom stereocenters. The minimum Gasteiger partial charge on any atom is -0.563 e. The molecule has 6 nitrogen and oxygen atoms in total. The normalized spacial score (nSPS) is 10.3. The molecule has 0 saturated heterocycles. The first-order valence-electron chi connectivity index (χ1n) is 2.62. The van der Waals surface area contributed by atoms with Gasteiger partial charge in [-0.25, -0.2) is 0 Å². The summed E-state index contributed by atoms with van der Waals surface area (Å²) in [5.41, 5.74) is 0. The summed E-state index contributed by atoms with van der Waals surface area (Å²) < 4.78 is 21.6. The Morgan fingerprint density at radius 1 is 1.33 bits per heavy atom. The van der Waals surface area contributed by atoms with Crippen LogP contribution in [0.1, 0.15) is 13.3 Å². The van der Waals surface area contributed by atoms with Crippen molar-refractivity contribution in [2.45, 2.75) is 13.3 Å². The topological polar surface area (TPSA) is 110 Å². The molecule has 0 aliphatic carbocycles. The fourth-order valence-corrected chi connectivity index (χ4v) is 0.490. The molecule has 1 N–H and O–H groups in total. The van der Waals surface area contributed by atoms with Gasteiger partial charge in [0.05, 0.1) is 0 Å². The van der Waals surface area contributed by atoms with E-state index < -0.39 is 16.5 Å². The Morgan fingerprint density at radius 2 is 1.58 bits per heavy atom. The van der Waals surface area contributed by atoms with Gasteiger partial charge in [0.15, 0.2) is 0 Å². The van der Waals surface area contributed by atoms with E-state index in [-0.39, 0.29) is 37.7 Å². The standard InChI is InChI=1S/C3H8O.Ca.O5P2/c1-2-3-4;;1-6(2)5-7(3)4/h4H,2-3H2,1H3;;/q;+2;. The van der Waals surface area contributed by atoms with Crippen molar-refractivity contribution in [1.29, 1.82) is 0 Å². The van der Waals surface area contributed by atoms with E-state index >= 15 is 0 Å². The monoisotopic (exact) mass is 242 g/mol. The van der Waals surface area contributed by atoms with Gasteiger partial charge in [-0.15, -0.1) is 0 Å². The Labute approximate surface area is 102 Å². The predicted octanol–water partition coefficient (Wildman–Crippen LogP) is -0.954. The summed E-state index contributed by atoms with van der Waals surface area (Å²) in [4.78, 5) is 18.5. The van der Waals surface area contributed by atoms with Gasteiger partial charge in [-0.3, -0.25) is 0 Å². The number of hydrogen-bond acceptors (Lipinski definition) is 6. The number of aliphatic hydroxyl groups is 1. The van der Waals surface area contributed by atoms with Crippen molar-refractivity contribution in [1.82, 2.24) is 0 Å². The maximum atomic E-state index is 9.24. The number of hydrogen-bond donors (Lipinski definition) is 1. The van der Waals surface area contributed by atoms with Gasteiger partial charge in [-0.05, 0) is 15.6 Å². The molecule has 0 aromatic rings. The smallest absolute Gasteiger partial charge is 0.563 e. The average Bonchev–Trinajstić information content (AvgIpc) is 1.85. The molecule has 0 aliphatic heterocycles. The molecular formula is C3H8CaO6P2+2. The second-order valence-corrected chi connectivity index (χ2v) is 2.80. The van der Waals surface area contributed by atoms with E-state index in [1.54, 1.807) is 0 Å². The molecule has 0 aromatic heterocycles. The van der Waals surface area contributed by atoms with Crippen molar-refractivity contribution in [3.05, 3.63) is 0 Å². The molecule has 66 valence electrons. The van der Waals surface area contributed by atoms with E-state index in [2.05, 4.69) is 4.31 Å². The third kappa shape index (κ3) is 30.2. The molecule has 2 unspecified atom stereocenters. The molecule has 9 heteroatoms. The van der Waals surface area contributed by atoms with Gasteiger partial charge in [0.25, 0.3) is 0 Å². The Hall–Kier alpha value is 1.30. The van der Waals surface area contributed by atoms with Crippen LogP contribution in [0.15, 0.2) is 0 Å². The third-order valence-corrected chi connectivity index (χ3v) is 1.42. The predicted molar refractivity (Wildman–Crippen MR) is 39.4 cm³/mol. The SMILES string of the molecule is CCCO.O=[P+]([O-])O[P+](=O)[O-].[Ca+2]. The van der Waals surface area contributed by atoms with Crippen LogP contribution in [-0.2, 0) is 13.4 Å². The first kappa shape index (κ1) is 19.0. The minimum atomic E-state index is -3.24. The molecule has 0 aromatic carbocycles. The minimum absolute atomic E-state index is 0. The summed E-state index contributed by atoms with van der Waals surface area (Å²) in [6.07, 6.45) is 0.875. The molecule has 0 radical (unpaired) electrons. The zero-order valence-electron chi connectivity index (χ0n) is 6.50. The Balaban J connectivity index is -0.000000142. The third-order valence-electron chi connectivity index (χ3n) is 0.357. The average molecular weight is 242 g/mol. The molecule has 0 spiro atoms. The van der Waals surface area contributed by atoms with Crippen LogP contribution in [0.4, 0.5) is 0 Å². The summed E-state index contributed by atoms with van der Waals surface area (Å²) in [7, 11) is -6.47. The van der Waals surface area contributed by atoms with Crippen LogP contribution in [-0.4, -0.2) is 49.5 Å². The molecule has 0 saturated carbocycles. The largest absolute Gasteiger partial charge is 2.00 e. The summed E-state index contributed by atoms with van der Waals surface area (Å²) in [6.45, 7) is 2.25. The van der Waals surface area contributed by atoms with Crippen molar-refractivity contribution < 1.29 is 28.3 Å². The van der Waals surface area contributed by atoms with E-state index in [1.165, 1.54) is 0 Å². The van der Waals surface area contributed by atoms with Crippen LogP contribution >= 0.6 is 16.5 Å². The fourth-order valence-electron chi connectivity index (χ4n) is 0.0544. The maximum Gasteiger partial charge on any atom is 2.00 e. The summed E-state index contributed by atoms with van der Waals surface area (Å²) in [5.74, 6) is 0. The zero-order chi connectivity index (χ0) is 9.28. The van der Waals surface area contributed by atoms with Gasteiger partial charge in [0.1, 0.15) is 4.31 Å². The van der Waals surface area contributed by atoms with Gasteiger partial charge in [-0.1, -0.05) is 6.92 Å². The maximum absolute atomic E-state index is 9.24. The molecular weight excluding hydrogens is 234 g/mol. The summed E-state index contributed by atoms with van der Waals surface area (Å²) in [6, 6.07) is 0. The van der Waals surface area contributed by atoms with Crippen molar-refractivity contribution in [2.75, 3.05) is 6.61 Å². The number of rotatable bonds is 3. The quantitative estimate of drug-likeness (QED) is 0.504. The van der Waals surface area contributed by atoms with E-state index in [1.807, 2.05) is 6.92 Å². The molecule has 0 fully saturated rings. The van der Waals surface area contributed by atoms with Crippen molar-refractivity contribution in [3.63, 3.8) is 0 Å². The van der Waals surface area contributed by atoms with Gasteiger partial charge in [0.2, 0.25) is 0 Å². The summed E-state index contributed by atoms with van der Waals surface area (Å²) in [5, 5.41) is 7.88. The second-order valence-electron chi connectivity index (χ2n) is 1.25. The van der Waals surface area contributed by atoms with Crippen LogP contribution < -0.4 is 9.79 Å². The van der Waals surface area contributed by atoms with E-state index in [0.29, 0.717) is 6.61 Å². The zero-order valence-corrected chi connectivity index (χ0v) is 10.5. The van der Waals surface area contributed by atoms with E-state index in [9.17, 15) is 18.9 Å². The van der Waals surface area contributed by atoms with Crippen LogP contribution in [0.2, 0.25) is 0 Å². The van der Waals surface area contributed by atoms with Crippen molar-refractivity contribution in [3.8, 4) is 0 Å². The van der Waals surface area contributed by atoms with Crippen molar-refractivity contribution >= 4 is 54.2 Å². The van der Waals surface area contributed by atoms with Gasteiger partial charge < -0.3 is 14.9 Å². The first-order valence-corrected chi connectivity index (χ1v) is 4.81. The first-order chi connectivity index (χ1) is 5.04. The Morgan fingerprint density at radius 3 is 1.58 bits per heavy atom. The molecule has 0 amide bonds. The van der Waals surface area contributed by atoms with Gasteiger partial charge >= 0.3 is 54.2 Å². The Bertz CT molecular complexity index is 116. The molecule has 0 aliphatic rings. The molecule has 12 heavy (non-hydrogen) atoms. The van der Waals surface area contributed by atoms with Crippen LogP contribution in [0.5, 0.6) is 0 Å². The molecule has 0 heterocycles.